The van der Waals surface area contributed by atoms with Crippen LogP contribution in [0.4, 0.5) is 4.39 Å². The van der Waals surface area contributed by atoms with Gasteiger partial charge in [0.1, 0.15) is 11.9 Å². The standard InChI is InChI=1S/C20H18FN3O2/c21-15-11-24(12-15)10-14-3-1-5-17-16(14)4-2-6-18(17)26-19-8-7-13(9-23-19)20(22)25/h1-9,15H,10-12H2,(H2,22,25). The number of hydrogen-bond acceptors (Lipinski definition) is 4. The summed E-state index contributed by atoms with van der Waals surface area (Å²) in [6.45, 7) is 1.69. The Morgan fingerprint density at radius 2 is 1.92 bits per heavy atom. The topological polar surface area (TPSA) is 68.5 Å². The van der Waals surface area contributed by atoms with Crippen LogP contribution >= 0.6 is 0 Å². The van der Waals surface area contributed by atoms with Gasteiger partial charge >= 0.3 is 0 Å². The van der Waals surface area contributed by atoms with E-state index in [1.807, 2.05) is 30.3 Å². The lowest BCUT2D eigenvalue weighted by molar-refractivity contribution is 0.0594. The molecule has 0 bridgehead atoms. The predicted octanol–water partition coefficient (Wildman–Crippen LogP) is 3.28. The van der Waals surface area contributed by atoms with Crippen molar-refractivity contribution in [3.05, 3.63) is 65.9 Å². The van der Waals surface area contributed by atoms with Crippen molar-refractivity contribution >= 4 is 16.7 Å². The third kappa shape index (κ3) is 3.23. The summed E-state index contributed by atoms with van der Waals surface area (Å²) in [6.07, 6.45) is 0.684. The largest absolute Gasteiger partial charge is 0.438 e. The van der Waals surface area contributed by atoms with E-state index >= 15 is 0 Å². The average molecular weight is 351 g/mol. The Labute approximate surface area is 150 Å². The molecule has 6 heteroatoms. The molecule has 26 heavy (non-hydrogen) atoms. The molecule has 0 aliphatic carbocycles. The number of carbonyl (C=O) groups is 1. The molecule has 2 aromatic carbocycles. The first-order valence-corrected chi connectivity index (χ1v) is 8.41. The number of ether oxygens (including phenoxy) is 1. The Kier molecular flexibility index (Phi) is 4.26. The number of primary amides is 1. The van der Waals surface area contributed by atoms with Crippen LogP contribution < -0.4 is 10.5 Å². The summed E-state index contributed by atoms with van der Waals surface area (Å²) in [7, 11) is 0. The minimum Gasteiger partial charge on any atom is -0.438 e. The maximum absolute atomic E-state index is 13.1. The lowest BCUT2D eigenvalue weighted by Crippen LogP contribution is -2.47. The summed E-state index contributed by atoms with van der Waals surface area (Å²) < 4.78 is 19.0. The first-order chi connectivity index (χ1) is 12.6. The summed E-state index contributed by atoms with van der Waals surface area (Å²) in [5.74, 6) is 0.534. The van der Waals surface area contributed by atoms with E-state index in [1.54, 1.807) is 12.1 Å². The number of halogens is 1. The van der Waals surface area contributed by atoms with Crippen LogP contribution in [0.2, 0.25) is 0 Å². The fraction of sp³-hybridized carbons (Fsp3) is 0.200. The molecule has 1 saturated heterocycles. The number of rotatable bonds is 5. The predicted molar refractivity (Wildman–Crippen MR) is 96.9 cm³/mol. The Morgan fingerprint density at radius 1 is 1.15 bits per heavy atom. The van der Waals surface area contributed by atoms with Crippen LogP contribution in [0.5, 0.6) is 11.6 Å². The molecular weight excluding hydrogens is 333 g/mol. The van der Waals surface area contributed by atoms with Gasteiger partial charge in [0.25, 0.3) is 0 Å². The number of amides is 1. The monoisotopic (exact) mass is 351 g/mol. The number of fused-ring (bicyclic) bond motifs is 1. The van der Waals surface area contributed by atoms with Crippen molar-refractivity contribution in [1.82, 2.24) is 9.88 Å². The van der Waals surface area contributed by atoms with E-state index in [2.05, 4.69) is 16.0 Å². The zero-order valence-electron chi connectivity index (χ0n) is 14.1. The lowest BCUT2D eigenvalue weighted by Gasteiger charge is -2.34. The van der Waals surface area contributed by atoms with Gasteiger partial charge in [0, 0.05) is 37.3 Å². The lowest BCUT2D eigenvalue weighted by atomic mass is 10.0. The molecule has 0 saturated carbocycles. The molecule has 1 fully saturated rings. The molecule has 1 aromatic heterocycles. The number of hydrogen-bond donors (Lipinski definition) is 1. The quantitative estimate of drug-likeness (QED) is 0.766. The fourth-order valence-corrected chi connectivity index (χ4v) is 3.15. The van der Waals surface area contributed by atoms with Crippen molar-refractivity contribution < 1.29 is 13.9 Å². The Bertz CT molecular complexity index is 953. The molecule has 1 aliphatic rings. The minimum absolute atomic E-state index is 0.332. The number of pyridine rings is 1. The highest BCUT2D eigenvalue weighted by Crippen LogP contribution is 2.32. The minimum atomic E-state index is -0.710. The molecule has 0 spiro atoms. The summed E-state index contributed by atoms with van der Waals surface area (Å²) in [5.41, 5.74) is 6.69. The van der Waals surface area contributed by atoms with Crippen molar-refractivity contribution in [2.24, 2.45) is 5.73 Å². The molecule has 132 valence electrons. The molecule has 0 radical (unpaired) electrons. The van der Waals surface area contributed by atoms with E-state index in [0.717, 1.165) is 16.3 Å². The Balaban J connectivity index is 1.62. The van der Waals surface area contributed by atoms with Gasteiger partial charge in [-0.2, -0.15) is 0 Å². The molecule has 1 amide bonds. The van der Waals surface area contributed by atoms with Gasteiger partial charge in [-0.25, -0.2) is 9.37 Å². The number of likely N-dealkylation sites (tertiary alicyclic amines) is 1. The Hall–Kier alpha value is -2.99. The third-order valence-corrected chi connectivity index (χ3v) is 4.51. The molecule has 0 unspecified atom stereocenters. The van der Waals surface area contributed by atoms with Crippen molar-refractivity contribution in [3.8, 4) is 11.6 Å². The van der Waals surface area contributed by atoms with Crippen LogP contribution in [0.15, 0.2) is 54.7 Å². The average Bonchev–Trinajstić information content (AvgIpc) is 2.61. The van der Waals surface area contributed by atoms with Gasteiger partial charge in [0.2, 0.25) is 11.8 Å². The van der Waals surface area contributed by atoms with E-state index in [-0.39, 0.29) is 0 Å². The summed E-state index contributed by atoms with van der Waals surface area (Å²) >= 11 is 0. The summed E-state index contributed by atoms with van der Waals surface area (Å²) in [5, 5.41) is 2.03. The normalized spacial score (nSPS) is 15.0. The number of alkyl halides is 1. The number of benzene rings is 2. The van der Waals surface area contributed by atoms with E-state index in [4.69, 9.17) is 10.5 Å². The van der Waals surface area contributed by atoms with Crippen LogP contribution in [0, 0.1) is 0 Å². The number of carbonyl (C=O) groups excluding carboxylic acids is 1. The highest BCUT2D eigenvalue weighted by molar-refractivity contribution is 5.92. The molecule has 0 atom stereocenters. The second-order valence-electron chi connectivity index (χ2n) is 6.41. The van der Waals surface area contributed by atoms with Gasteiger partial charge < -0.3 is 10.5 Å². The van der Waals surface area contributed by atoms with Gasteiger partial charge in [0.15, 0.2) is 0 Å². The van der Waals surface area contributed by atoms with Crippen molar-refractivity contribution in [2.45, 2.75) is 12.7 Å². The van der Waals surface area contributed by atoms with Gasteiger partial charge in [-0.15, -0.1) is 0 Å². The fourth-order valence-electron chi connectivity index (χ4n) is 3.15. The van der Waals surface area contributed by atoms with Crippen LogP contribution in [0.3, 0.4) is 0 Å². The Morgan fingerprint density at radius 3 is 2.62 bits per heavy atom. The van der Waals surface area contributed by atoms with E-state index in [9.17, 15) is 9.18 Å². The molecule has 1 aliphatic heterocycles. The van der Waals surface area contributed by atoms with Crippen LogP contribution in [-0.2, 0) is 6.54 Å². The van der Waals surface area contributed by atoms with Crippen LogP contribution in [0.25, 0.3) is 10.8 Å². The molecule has 4 rings (SSSR count). The molecule has 3 aromatic rings. The third-order valence-electron chi connectivity index (χ3n) is 4.51. The maximum Gasteiger partial charge on any atom is 0.250 e. The smallest absolute Gasteiger partial charge is 0.250 e. The zero-order valence-corrected chi connectivity index (χ0v) is 14.1. The summed E-state index contributed by atoms with van der Waals surface area (Å²) in [6, 6.07) is 15.0. The number of nitrogens with two attached hydrogens (primary N) is 1. The van der Waals surface area contributed by atoms with Crippen molar-refractivity contribution in [1.29, 1.82) is 0 Å². The molecular formula is C20H18FN3O2. The number of nitrogens with zero attached hydrogens (tertiary/aromatic N) is 2. The second kappa shape index (κ2) is 6.72. The first-order valence-electron chi connectivity index (χ1n) is 8.41. The van der Waals surface area contributed by atoms with Gasteiger partial charge in [-0.05, 0) is 23.1 Å². The molecule has 2 heterocycles. The highest BCUT2D eigenvalue weighted by Gasteiger charge is 2.26. The second-order valence-corrected chi connectivity index (χ2v) is 6.41. The highest BCUT2D eigenvalue weighted by atomic mass is 19.1. The van der Waals surface area contributed by atoms with E-state index < -0.39 is 12.1 Å². The van der Waals surface area contributed by atoms with Gasteiger partial charge in [-0.3, -0.25) is 9.69 Å². The SMILES string of the molecule is NC(=O)c1ccc(Oc2cccc3c(CN4CC(F)C4)cccc23)nc1. The van der Waals surface area contributed by atoms with E-state index in [0.29, 0.717) is 36.8 Å². The van der Waals surface area contributed by atoms with Crippen molar-refractivity contribution in [2.75, 3.05) is 13.1 Å². The van der Waals surface area contributed by atoms with Crippen LogP contribution in [0.1, 0.15) is 15.9 Å². The zero-order chi connectivity index (χ0) is 18.1. The molecule has 5 nitrogen and oxygen atoms in total. The first kappa shape index (κ1) is 16.5. The van der Waals surface area contributed by atoms with Gasteiger partial charge in [0.05, 0.1) is 5.56 Å². The summed E-state index contributed by atoms with van der Waals surface area (Å²) in [4.78, 5) is 17.3. The molecule has 2 N–H and O–H groups in total. The van der Waals surface area contributed by atoms with Crippen molar-refractivity contribution in [3.63, 3.8) is 0 Å². The van der Waals surface area contributed by atoms with Crippen LogP contribution in [-0.4, -0.2) is 35.1 Å². The van der Waals surface area contributed by atoms with E-state index in [1.165, 1.54) is 6.20 Å². The maximum atomic E-state index is 13.1. The number of aromatic nitrogens is 1. The van der Waals surface area contributed by atoms with Gasteiger partial charge in [-0.1, -0.05) is 30.3 Å².